The Labute approximate surface area is 116 Å². The van der Waals surface area contributed by atoms with Gasteiger partial charge in [0.15, 0.2) is 0 Å². The third-order valence-corrected chi connectivity index (χ3v) is 3.43. The summed E-state index contributed by atoms with van der Waals surface area (Å²) in [6, 6.07) is 4.58. The Kier molecular flexibility index (Phi) is 4.52. The van der Waals surface area contributed by atoms with Crippen LogP contribution < -0.4 is 11.3 Å². The van der Waals surface area contributed by atoms with Crippen molar-refractivity contribution in [1.82, 2.24) is 15.0 Å². The standard InChI is InChI=1S/C13H16ClFN4/c1-19-7-6-17-13(19)5-4-12(18-16)9-2-3-10(14)11(15)8-9/h2-3,6-8,12,18H,4-5,16H2,1H3. The first-order chi connectivity index (χ1) is 9.11. The smallest absolute Gasteiger partial charge is 0.142 e. The topological polar surface area (TPSA) is 55.9 Å². The van der Waals surface area contributed by atoms with Gasteiger partial charge in [0.05, 0.1) is 5.02 Å². The SMILES string of the molecule is Cn1ccnc1CCC(NN)c1ccc(Cl)c(F)c1. The number of halogens is 2. The fraction of sp³-hybridized carbons (Fsp3) is 0.308. The number of imidazole rings is 1. The molecule has 1 aromatic heterocycles. The van der Waals surface area contributed by atoms with Gasteiger partial charge in [-0.2, -0.15) is 0 Å². The van der Waals surface area contributed by atoms with Crippen LogP contribution in [0.3, 0.4) is 0 Å². The van der Waals surface area contributed by atoms with Crippen LogP contribution in [0.1, 0.15) is 23.9 Å². The molecule has 0 aliphatic heterocycles. The van der Waals surface area contributed by atoms with Gasteiger partial charge >= 0.3 is 0 Å². The van der Waals surface area contributed by atoms with Crippen molar-refractivity contribution >= 4 is 11.6 Å². The summed E-state index contributed by atoms with van der Waals surface area (Å²) in [7, 11) is 1.94. The summed E-state index contributed by atoms with van der Waals surface area (Å²) in [4.78, 5) is 4.25. The molecule has 1 heterocycles. The highest BCUT2D eigenvalue weighted by atomic mass is 35.5. The summed E-state index contributed by atoms with van der Waals surface area (Å²) in [6.07, 6.45) is 5.12. The Morgan fingerprint density at radius 2 is 2.32 bits per heavy atom. The second kappa shape index (κ2) is 6.14. The van der Waals surface area contributed by atoms with E-state index in [1.54, 1.807) is 12.3 Å². The molecule has 1 unspecified atom stereocenters. The molecule has 1 atom stereocenters. The van der Waals surface area contributed by atoms with Gasteiger partial charge in [-0.15, -0.1) is 0 Å². The molecule has 2 aromatic rings. The summed E-state index contributed by atoms with van der Waals surface area (Å²) in [5, 5.41) is 0.114. The number of hydrazine groups is 1. The van der Waals surface area contributed by atoms with Gasteiger partial charge in [0.1, 0.15) is 11.6 Å². The first-order valence-electron chi connectivity index (χ1n) is 5.99. The van der Waals surface area contributed by atoms with E-state index in [-0.39, 0.29) is 11.1 Å². The molecule has 6 heteroatoms. The van der Waals surface area contributed by atoms with Crippen LogP contribution in [0.2, 0.25) is 5.02 Å². The first kappa shape index (κ1) is 14.0. The van der Waals surface area contributed by atoms with E-state index in [0.29, 0.717) is 0 Å². The third kappa shape index (κ3) is 3.32. The predicted octanol–water partition coefficient (Wildman–Crippen LogP) is 2.35. The van der Waals surface area contributed by atoms with Gasteiger partial charge in [0.2, 0.25) is 0 Å². The number of aryl methyl sites for hydroxylation is 2. The van der Waals surface area contributed by atoms with E-state index in [9.17, 15) is 4.39 Å². The lowest BCUT2D eigenvalue weighted by atomic mass is 10.0. The van der Waals surface area contributed by atoms with Gasteiger partial charge in [-0.1, -0.05) is 17.7 Å². The van der Waals surface area contributed by atoms with Crippen molar-refractivity contribution in [3.8, 4) is 0 Å². The minimum absolute atomic E-state index is 0.114. The van der Waals surface area contributed by atoms with Crippen LogP contribution in [0, 0.1) is 5.82 Å². The Morgan fingerprint density at radius 1 is 1.53 bits per heavy atom. The molecule has 0 fully saturated rings. The highest BCUT2D eigenvalue weighted by Crippen LogP contribution is 2.22. The molecule has 1 aromatic carbocycles. The minimum atomic E-state index is -0.434. The highest BCUT2D eigenvalue weighted by molar-refractivity contribution is 6.30. The van der Waals surface area contributed by atoms with Gasteiger partial charge in [-0.3, -0.25) is 11.3 Å². The zero-order valence-corrected chi connectivity index (χ0v) is 11.4. The second-order valence-electron chi connectivity index (χ2n) is 4.39. The number of aromatic nitrogens is 2. The molecule has 102 valence electrons. The van der Waals surface area contributed by atoms with Gasteiger partial charge in [-0.05, 0) is 24.1 Å². The van der Waals surface area contributed by atoms with Crippen molar-refractivity contribution in [3.05, 3.63) is 52.8 Å². The molecular weight excluding hydrogens is 267 g/mol. The average molecular weight is 283 g/mol. The highest BCUT2D eigenvalue weighted by Gasteiger charge is 2.13. The second-order valence-corrected chi connectivity index (χ2v) is 4.79. The van der Waals surface area contributed by atoms with Crippen LogP contribution in [-0.2, 0) is 13.5 Å². The summed E-state index contributed by atoms with van der Waals surface area (Å²) in [6.45, 7) is 0. The minimum Gasteiger partial charge on any atom is -0.338 e. The van der Waals surface area contributed by atoms with Gasteiger partial charge in [0.25, 0.3) is 0 Å². The average Bonchev–Trinajstić information content (AvgIpc) is 2.80. The van der Waals surface area contributed by atoms with E-state index >= 15 is 0 Å². The molecule has 0 spiro atoms. The van der Waals surface area contributed by atoms with Crippen molar-refractivity contribution in [2.75, 3.05) is 0 Å². The number of nitrogens with one attached hydrogen (secondary N) is 1. The Bertz CT molecular complexity index is 555. The van der Waals surface area contributed by atoms with Gasteiger partial charge in [0, 0.05) is 31.9 Å². The monoisotopic (exact) mass is 282 g/mol. The largest absolute Gasteiger partial charge is 0.338 e. The summed E-state index contributed by atoms with van der Waals surface area (Å²) in [5.41, 5.74) is 3.48. The molecule has 4 nitrogen and oxygen atoms in total. The van der Waals surface area contributed by atoms with E-state index in [2.05, 4.69) is 10.4 Å². The fourth-order valence-electron chi connectivity index (χ4n) is 1.99. The van der Waals surface area contributed by atoms with Crippen molar-refractivity contribution in [3.63, 3.8) is 0 Å². The molecule has 0 saturated heterocycles. The van der Waals surface area contributed by atoms with E-state index in [1.165, 1.54) is 12.1 Å². The lowest BCUT2D eigenvalue weighted by molar-refractivity contribution is 0.502. The van der Waals surface area contributed by atoms with E-state index in [1.807, 2.05) is 17.8 Å². The molecular formula is C13H16ClFN4. The van der Waals surface area contributed by atoms with Crippen LogP contribution in [0.25, 0.3) is 0 Å². The Morgan fingerprint density at radius 3 is 2.89 bits per heavy atom. The Hall–Kier alpha value is -1.43. The number of benzene rings is 1. The van der Waals surface area contributed by atoms with Crippen LogP contribution >= 0.6 is 11.6 Å². The maximum atomic E-state index is 13.4. The molecule has 0 aliphatic rings. The Balaban J connectivity index is 2.07. The quantitative estimate of drug-likeness (QED) is 0.654. The van der Waals surface area contributed by atoms with Crippen molar-refractivity contribution in [1.29, 1.82) is 0 Å². The molecule has 0 radical (unpaired) electrons. The lowest BCUT2D eigenvalue weighted by Crippen LogP contribution is -2.28. The molecule has 2 rings (SSSR count). The molecule has 0 amide bonds. The lowest BCUT2D eigenvalue weighted by Gasteiger charge is -2.16. The maximum Gasteiger partial charge on any atom is 0.142 e. The van der Waals surface area contributed by atoms with E-state index in [0.717, 1.165) is 24.2 Å². The number of hydrogen-bond donors (Lipinski definition) is 2. The van der Waals surface area contributed by atoms with Crippen LogP contribution in [0.5, 0.6) is 0 Å². The molecule has 0 bridgehead atoms. The fourth-order valence-corrected chi connectivity index (χ4v) is 2.10. The van der Waals surface area contributed by atoms with E-state index in [4.69, 9.17) is 17.4 Å². The maximum absolute atomic E-state index is 13.4. The first-order valence-corrected chi connectivity index (χ1v) is 6.37. The van der Waals surface area contributed by atoms with Crippen molar-refractivity contribution in [2.24, 2.45) is 12.9 Å². The number of nitrogens with zero attached hydrogens (tertiary/aromatic N) is 2. The number of rotatable bonds is 5. The van der Waals surface area contributed by atoms with Crippen LogP contribution in [0.4, 0.5) is 4.39 Å². The molecule has 0 saturated carbocycles. The summed E-state index contributed by atoms with van der Waals surface area (Å²) < 4.78 is 15.4. The van der Waals surface area contributed by atoms with Gasteiger partial charge in [-0.25, -0.2) is 9.37 Å². The van der Waals surface area contributed by atoms with Gasteiger partial charge < -0.3 is 4.57 Å². The zero-order chi connectivity index (χ0) is 13.8. The number of nitrogens with two attached hydrogens (primary N) is 1. The number of hydrogen-bond acceptors (Lipinski definition) is 3. The molecule has 3 N–H and O–H groups in total. The molecule has 0 aliphatic carbocycles. The van der Waals surface area contributed by atoms with Crippen molar-refractivity contribution < 1.29 is 4.39 Å². The van der Waals surface area contributed by atoms with Crippen LogP contribution in [0.15, 0.2) is 30.6 Å². The van der Waals surface area contributed by atoms with Crippen LogP contribution in [-0.4, -0.2) is 9.55 Å². The predicted molar refractivity (Wildman–Crippen MR) is 73.0 cm³/mol. The normalized spacial score (nSPS) is 12.6. The van der Waals surface area contributed by atoms with E-state index < -0.39 is 5.82 Å². The van der Waals surface area contributed by atoms with Crippen molar-refractivity contribution in [2.45, 2.75) is 18.9 Å². The molecule has 19 heavy (non-hydrogen) atoms. The third-order valence-electron chi connectivity index (χ3n) is 3.12. The summed E-state index contributed by atoms with van der Waals surface area (Å²) >= 11 is 5.67. The summed E-state index contributed by atoms with van der Waals surface area (Å²) in [5.74, 6) is 6.07. The zero-order valence-electron chi connectivity index (χ0n) is 10.6.